The molecule has 1 aliphatic heterocycles. The van der Waals surface area contributed by atoms with E-state index < -0.39 is 5.41 Å². The van der Waals surface area contributed by atoms with Crippen LogP contribution in [-0.4, -0.2) is 32.3 Å². The van der Waals surface area contributed by atoms with Crippen LogP contribution in [0.5, 0.6) is 5.75 Å². The van der Waals surface area contributed by atoms with Crippen LogP contribution in [0.2, 0.25) is 0 Å². The second-order valence-corrected chi connectivity index (χ2v) is 8.52. The smallest absolute Gasteiger partial charge is 0.231 e. The highest BCUT2D eigenvalue weighted by molar-refractivity contribution is 5.88. The van der Waals surface area contributed by atoms with E-state index in [2.05, 4.69) is 12.2 Å². The summed E-state index contributed by atoms with van der Waals surface area (Å²) in [7, 11) is 1.67. The summed E-state index contributed by atoms with van der Waals surface area (Å²) in [4.78, 5) is 13.5. The third-order valence-electron chi connectivity index (χ3n) is 7.22. The van der Waals surface area contributed by atoms with Gasteiger partial charge in [-0.1, -0.05) is 18.6 Å². The van der Waals surface area contributed by atoms with Gasteiger partial charge in [-0.05, 0) is 74.5 Å². The second kappa shape index (κ2) is 7.22. The SMILES string of the molecule is COc1ccc(C2(C(=O)NC(C)C3CC4CCC3C4)CCOCC2)cc1. The molecular weight excluding hydrogens is 326 g/mol. The molecule has 4 rings (SSSR count). The van der Waals surface area contributed by atoms with Crippen molar-refractivity contribution in [3.05, 3.63) is 29.8 Å². The summed E-state index contributed by atoms with van der Waals surface area (Å²) >= 11 is 0. The van der Waals surface area contributed by atoms with Crippen molar-refractivity contribution in [3.8, 4) is 5.75 Å². The lowest BCUT2D eigenvalue weighted by molar-refractivity contribution is -0.131. The summed E-state index contributed by atoms with van der Waals surface area (Å²) in [5.41, 5.74) is 0.607. The summed E-state index contributed by atoms with van der Waals surface area (Å²) in [6.45, 7) is 3.49. The molecule has 2 aliphatic carbocycles. The van der Waals surface area contributed by atoms with Crippen molar-refractivity contribution in [2.75, 3.05) is 20.3 Å². The predicted molar refractivity (Wildman–Crippen MR) is 101 cm³/mol. The Balaban J connectivity index is 1.52. The van der Waals surface area contributed by atoms with Crippen molar-refractivity contribution in [1.82, 2.24) is 5.32 Å². The molecule has 142 valence electrons. The zero-order chi connectivity index (χ0) is 18.1. The van der Waals surface area contributed by atoms with E-state index >= 15 is 0 Å². The van der Waals surface area contributed by atoms with Gasteiger partial charge in [0.2, 0.25) is 5.91 Å². The van der Waals surface area contributed by atoms with Gasteiger partial charge in [-0.25, -0.2) is 0 Å². The van der Waals surface area contributed by atoms with Crippen LogP contribution in [0.25, 0.3) is 0 Å². The Kier molecular flexibility index (Phi) is 4.96. The molecular formula is C22H31NO3. The maximum atomic E-state index is 13.5. The van der Waals surface area contributed by atoms with Gasteiger partial charge >= 0.3 is 0 Å². The predicted octanol–water partition coefficient (Wildman–Crippen LogP) is 3.68. The molecule has 1 heterocycles. The third kappa shape index (κ3) is 3.13. The third-order valence-corrected chi connectivity index (χ3v) is 7.22. The van der Waals surface area contributed by atoms with Crippen LogP contribution in [0.3, 0.4) is 0 Å². The summed E-state index contributed by atoms with van der Waals surface area (Å²) in [6.07, 6.45) is 6.91. The van der Waals surface area contributed by atoms with Gasteiger partial charge in [-0.15, -0.1) is 0 Å². The molecule has 2 bridgehead atoms. The first kappa shape index (κ1) is 17.8. The van der Waals surface area contributed by atoms with Crippen LogP contribution in [0.4, 0.5) is 0 Å². The highest BCUT2D eigenvalue weighted by atomic mass is 16.5. The Morgan fingerprint density at radius 1 is 1.19 bits per heavy atom. The fourth-order valence-electron chi connectivity index (χ4n) is 5.64. The van der Waals surface area contributed by atoms with E-state index in [9.17, 15) is 4.79 Å². The topological polar surface area (TPSA) is 47.6 Å². The number of carbonyl (C=O) groups is 1. The quantitative estimate of drug-likeness (QED) is 0.874. The Morgan fingerprint density at radius 3 is 2.50 bits per heavy atom. The Morgan fingerprint density at radius 2 is 1.92 bits per heavy atom. The number of hydrogen-bond acceptors (Lipinski definition) is 3. The van der Waals surface area contributed by atoms with Crippen LogP contribution in [0, 0.1) is 17.8 Å². The van der Waals surface area contributed by atoms with Crippen molar-refractivity contribution < 1.29 is 14.3 Å². The van der Waals surface area contributed by atoms with Crippen molar-refractivity contribution in [1.29, 1.82) is 0 Å². The molecule has 2 saturated carbocycles. The van der Waals surface area contributed by atoms with Gasteiger partial charge in [0, 0.05) is 19.3 Å². The normalized spacial score (nSPS) is 30.8. The summed E-state index contributed by atoms with van der Waals surface area (Å²) in [5.74, 6) is 3.39. The molecule has 4 nitrogen and oxygen atoms in total. The number of rotatable bonds is 5. The molecule has 1 saturated heterocycles. The minimum atomic E-state index is -0.476. The Labute approximate surface area is 156 Å². The van der Waals surface area contributed by atoms with Crippen molar-refractivity contribution >= 4 is 5.91 Å². The van der Waals surface area contributed by atoms with Crippen molar-refractivity contribution in [2.24, 2.45) is 17.8 Å². The molecule has 1 N–H and O–H groups in total. The zero-order valence-electron chi connectivity index (χ0n) is 16.0. The van der Waals surface area contributed by atoms with Gasteiger partial charge in [-0.2, -0.15) is 0 Å². The number of methoxy groups -OCH3 is 1. The van der Waals surface area contributed by atoms with Gasteiger partial charge in [0.15, 0.2) is 0 Å². The first-order valence-electron chi connectivity index (χ1n) is 10.2. The van der Waals surface area contributed by atoms with E-state index in [1.165, 1.54) is 25.7 Å². The largest absolute Gasteiger partial charge is 0.497 e. The van der Waals surface area contributed by atoms with E-state index in [1.807, 2.05) is 24.3 Å². The molecule has 3 aliphatic rings. The molecule has 4 heteroatoms. The highest BCUT2D eigenvalue weighted by Crippen LogP contribution is 2.49. The van der Waals surface area contributed by atoms with Crippen LogP contribution in [-0.2, 0) is 14.9 Å². The summed E-state index contributed by atoms with van der Waals surface area (Å²) in [6, 6.07) is 8.27. The van der Waals surface area contributed by atoms with Crippen molar-refractivity contribution in [2.45, 2.75) is 56.9 Å². The maximum Gasteiger partial charge on any atom is 0.231 e. The van der Waals surface area contributed by atoms with Crippen LogP contribution in [0.15, 0.2) is 24.3 Å². The highest BCUT2D eigenvalue weighted by Gasteiger charge is 2.45. The van der Waals surface area contributed by atoms with Crippen LogP contribution < -0.4 is 10.1 Å². The fraction of sp³-hybridized carbons (Fsp3) is 0.682. The monoisotopic (exact) mass is 357 g/mol. The van der Waals surface area contributed by atoms with Crippen LogP contribution >= 0.6 is 0 Å². The Hall–Kier alpha value is -1.55. The molecule has 0 spiro atoms. The minimum absolute atomic E-state index is 0.182. The van der Waals surface area contributed by atoms with Crippen LogP contribution in [0.1, 0.15) is 51.0 Å². The lowest BCUT2D eigenvalue weighted by Crippen LogP contribution is -2.52. The summed E-state index contributed by atoms with van der Waals surface area (Å²) in [5, 5.41) is 3.42. The fourth-order valence-corrected chi connectivity index (χ4v) is 5.64. The standard InChI is InChI=1S/C22H31NO3/c1-15(20-14-16-3-4-17(20)13-16)23-21(24)22(9-11-26-12-10-22)18-5-7-19(25-2)8-6-18/h5-8,15-17,20H,3-4,9-14H2,1-2H3,(H,23,24). The average Bonchev–Trinajstić information content (AvgIpc) is 3.32. The van der Waals surface area contributed by atoms with Gasteiger partial charge in [0.1, 0.15) is 5.75 Å². The van der Waals surface area contributed by atoms with E-state index in [4.69, 9.17) is 9.47 Å². The van der Waals surface area contributed by atoms with E-state index in [0.717, 1.165) is 36.0 Å². The molecule has 1 aromatic rings. The molecule has 3 fully saturated rings. The first-order valence-corrected chi connectivity index (χ1v) is 10.2. The van der Waals surface area contributed by atoms with Gasteiger partial charge in [-0.3, -0.25) is 4.79 Å². The van der Waals surface area contributed by atoms with E-state index in [0.29, 0.717) is 19.1 Å². The van der Waals surface area contributed by atoms with Gasteiger partial charge < -0.3 is 14.8 Å². The molecule has 4 unspecified atom stereocenters. The Bertz CT molecular complexity index is 635. The number of fused-ring (bicyclic) bond motifs is 2. The molecule has 0 aromatic heterocycles. The lowest BCUT2D eigenvalue weighted by atomic mass is 9.73. The first-order chi connectivity index (χ1) is 12.6. The lowest BCUT2D eigenvalue weighted by Gasteiger charge is -2.38. The van der Waals surface area contributed by atoms with E-state index in [1.54, 1.807) is 7.11 Å². The molecule has 0 radical (unpaired) electrons. The molecule has 4 atom stereocenters. The molecule has 26 heavy (non-hydrogen) atoms. The number of benzene rings is 1. The molecule has 1 amide bonds. The minimum Gasteiger partial charge on any atom is -0.497 e. The number of nitrogens with one attached hydrogen (secondary N) is 1. The molecule has 1 aromatic carbocycles. The number of carbonyl (C=O) groups excluding carboxylic acids is 1. The van der Waals surface area contributed by atoms with E-state index in [-0.39, 0.29) is 11.9 Å². The van der Waals surface area contributed by atoms with Gasteiger partial charge in [0.25, 0.3) is 0 Å². The number of ether oxygens (including phenoxy) is 2. The maximum absolute atomic E-state index is 13.5. The zero-order valence-corrected chi connectivity index (χ0v) is 16.0. The number of amides is 1. The average molecular weight is 357 g/mol. The number of hydrogen-bond donors (Lipinski definition) is 1. The van der Waals surface area contributed by atoms with Crippen molar-refractivity contribution in [3.63, 3.8) is 0 Å². The van der Waals surface area contributed by atoms with Gasteiger partial charge in [0.05, 0.1) is 12.5 Å². The summed E-state index contributed by atoms with van der Waals surface area (Å²) < 4.78 is 10.9. The second-order valence-electron chi connectivity index (χ2n) is 8.52.